The summed E-state index contributed by atoms with van der Waals surface area (Å²) in [6, 6.07) is 12.8. The Bertz CT molecular complexity index is 715. The maximum atomic E-state index is 5.66. The van der Waals surface area contributed by atoms with Crippen molar-refractivity contribution in [1.82, 2.24) is 10.6 Å². The number of aliphatic imine (C=N–C) groups is 1. The van der Waals surface area contributed by atoms with Crippen LogP contribution in [0.4, 0.5) is 0 Å². The highest BCUT2D eigenvalue weighted by Gasteiger charge is 2.02. The minimum atomic E-state index is 0.598. The van der Waals surface area contributed by atoms with Gasteiger partial charge in [0.1, 0.15) is 0 Å². The van der Waals surface area contributed by atoms with Gasteiger partial charge in [-0.15, -0.1) is 11.3 Å². The molecule has 0 amide bonds. The zero-order chi connectivity index (χ0) is 20.0. The van der Waals surface area contributed by atoms with Gasteiger partial charge in [0.2, 0.25) is 0 Å². The summed E-state index contributed by atoms with van der Waals surface area (Å²) in [6.07, 6.45) is 1.09. The molecule has 5 nitrogen and oxygen atoms in total. The van der Waals surface area contributed by atoms with Gasteiger partial charge in [-0.1, -0.05) is 31.2 Å². The zero-order valence-corrected chi connectivity index (χ0v) is 18.1. The topological polar surface area (TPSA) is 54.9 Å². The van der Waals surface area contributed by atoms with Crippen LogP contribution in [0, 0.1) is 0 Å². The molecule has 1 heterocycles. The molecule has 0 saturated carbocycles. The van der Waals surface area contributed by atoms with Crippen molar-refractivity contribution in [1.29, 1.82) is 0 Å². The van der Waals surface area contributed by atoms with E-state index in [1.54, 1.807) is 0 Å². The van der Waals surface area contributed by atoms with Gasteiger partial charge in [0.25, 0.3) is 0 Å². The van der Waals surface area contributed by atoms with Crippen LogP contribution in [0.3, 0.4) is 0 Å². The summed E-state index contributed by atoms with van der Waals surface area (Å²) in [7, 11) is 0. The molecule has 6 heteroatoms. The first-order valence-electron chi connectivity index (χ1n) is 10.1. The van der Waals surface area contributed by atoms with E-state index in [0.717, 1.165) is 37.6 Å². The highest BCUT2D eigenvalue weighted by Crippen LogP contribution is 2.16. The second-order valence-corrected chi connectivity index (χ2v) is 7.59. The van der Waals surface area contributed by atoms with E-state index in [2.05, 4.69) is 60.9 Å². The fourth-order valence-electron chi connectivity index (χ4n) is 2.66. The summed E-state index contributed by atoms with van der Waals surface area (Å²) < 4.78 is 10.9. The number of rotatable bonds is 12. The second kappa shape index (κ2) is 13.3. The first-order valence-corrected chi connectivity index (χ1v) is 10.9. The Hall–Kier alpha value is -1.89. The molecule has 154 valence electrons. The molecule has 0 aliphatic heterocycles. The van der Waals surface area contributed by atoms with E-state index in [1.807, 2.05) is 18.3 Å². The van der Waals surface area contributed by atoms with Gasteiger partial charge < -0.3 is 20.1 Å². The minimum absolute atomic E-state index is 0.598. The van der Waals surface area contributed by atoms with Gasteiger partial charge in [0, 0.05) is 22.9 Å². The lowest BCUT2D eigenvalue weighted by molar-refractivity contribution is 0.0453. The van der Waals surface area contributed by atoms with E-state index in [4.69, 9.17) is 14.5 Å². The van der Waals surface area contributed by atoms with Crippen LogP contribution in [0.2, 0.25) is 0 Å². The van der Waals surface area contributed by atoms with Gasteiger partial charge in [-0.3, -0.25) is 0 Å². The van der Waals surface area contributed by atoms with Crippen molar-refractivity contribution in [2.45, 2.75) is 46.9 Å². The Balaban J connectivity index is 1.86. The number of hydrogen-bond acceptors (Lipinski definition) is 4. The minimum Gasteiger partial charge on any atom is -0.379 e. The van der Waals surface area contributed by atoms with Crippen molar-refractivity contribution < 1.29 is 9.47 Å². The maximum absolute atomic E-state index is 5.66. The van der Waals surface area contributed by atoms with Crippen molar-refractivity contribution >= 4 is 17.3 Å². The molecule has 0 spiro atoms. The number of ether oxygens (including phenoxy) is 2. The van der Waals surface area contributed by atoms with Crippen molar-refractivity contribution in [3.8, 4) is 0 Å². The Kier molecular flexibility index (Phi) is 10.7. The average Bonchev–Trinajstić information content (AvgIpc) is 3.18. The predicted molar refractivity (Wildman–Crippen MR) is 118 cm³/mol. The van der Waals surface area contributed by atoms with Crippen LogP contribution >= 0.6 is 11.3 Å². The molecule has 0 aliphatic rings. The van der Waals surface area contributed by atoms with Crippen LogP contribution in [0.15, 0.2) is 41.4 Å². The molecule has 0 saturated heterocycles. The van der Waals surface area contributed by atoms with E-state index in [9.17, 15) is 0 Å². The normalized spacial score (nSPS) is 11.6. The lowest BCUT2D eigenvalue weighted by atomic mass is 10.1. The van der Waals surface area contributed by atoms with Crippen LogP contribution in [0.5, 0.6) is 0 Å². The van der Waals surface area contributed by atoms with E-state index in [1.165, 1.54) is 15.3 Å². The number of nitrogens with zero attached hydrogens (tertiary/aromatic N) is 1. The fourth-order valence-corrected chi connectivity index (χ4v) is 3.56. The van der Waals surface area contributed by atoms with Crippen molar-refractivity contribution in [2.24, 2.45) is 4.99 Å². The molecule has 0 radical (unpaired) electrons. The Morgan fingerprint density at radius 3 is 2.50 bits per heavy atom. The van der Waals surface area contributed by atoms with Crippen LogP contribution < -0.4 is 10.6 Å². The largest absolute Gasteiger partial charge is 0.379 e. The molecule has 1 aromatic heterocycles. The number of thiophene rings is 1. The first kappa shape index (κ1) is 22.4. The molecule has 2 N–H and O–H groups in total. The zero-order valence-electron chi connectivity index (χ0n) is 17.3. The van der Waals surface area contributed by atoms with Gasteiger partial charge in [-0.25, -0.2) is 4.99 Å². The van der Waals surface area contributed by atoms with Crippen LogP contribution in [0.1, 0.15) is 41.7 Å². The van der Waals surface area contributed by atoms with Gasteiger partial charge in [0.15, 0.2) is 5.96 Å². The molecule has 2 aromatic rings. The first-order chi connectivity index (χ1) is 13.7. The van der Waals surface area contributed by atoms with Gasteiger partial charge in [0.05, 0.1) is 32.9 Å². The average molecular weight is 404 g/mol. The Morgan fingerprint density at radius 2 is 1.75 bits per heavy atom. The lowest BCUT2D eigenvalue weighted by Gasteiger charge is -2.11. The number of nitrogens with one attached hydrogen (secondary N) is 2. The van der Waals surface area contributed by atoms with E-state index in [0.29, 0.717) is 26.4 Å². The molecule has 0 unspecified atom stereocenters. The summed E-state index contributed by atoms with van der Waals surface area (Å²) in [6.45, 7) is 11.1. The van der Waals surface area contributed by atoms with Crippen LogP contribution in [-0.4, -0.2) is 32.3 Å². The highest BCUT2D eigenvalue weighted by atomic mass is 32.1. The maximum Gasteiger partial charge on any atom is 0.191 e. The molecule has 1 aromatic carbocycles. The number of benzene rings is 1. The van der Waals surface area contributed by atoms with Crippen molar-refractivity contribution in [3.63, 3.8) is 0 Å². The van der Waals surface area contributed by atoms with Crippen molar-refractivity contribution in [2.75, 3.05) is 26.4 Å². The summed E-state index contributed by atoms with van der Waals surface area (Å²) in [5.74, 6) is 0.840. The summed E-state index contributed by atoms with van der Waals surface area (Å²) in [5.41, 5.74) is 2.33. The summed E-state index contributed by atoms with van der Waals surface area (Å²) in [5, 5.41) is 6.74. The lowest BCUT2D eigenvalue weighted by Crippen LogP contribution is -2.36. The fraction of sp³-hybridized carbons (Fsp3) is 0.500. The highest BCUT2D eigenvalue weighted by molar-refractivity contribution is 7.11. The number of aryl methyl sites for hydroxylation is 1. The summed E-state index contributed by atoms with van der Waals surface area (Å²) >= 11 is 1.85. The number of hydrogen-bond donors (Lipinski definition) is 2. The third-order valence-corrected chi connectivity index (χ3v) is 5.33. The quantitative estimate of drug-likeness (QED) is 0.318. The molecule has 28 heavy (non-hydrogen) atoms. The molecule has 0 aliphatic carbocycles. The molecule has 0 fully saturated rings. The van der Waals surface area contributed by atoms with E-state index >= 15 is 0 Å². The molecule has 0 bridgehead atoms. The molecular formula is C22H33N3O2S. The Morgan fingerprint density at radius 1 is 0.964 bits per heavy atom. The van der Waals surface area contributed by atoms with Crippen LogP contribution in [0.25, 0.3) is 0 Å². The second-order valence-electron chi connectivity index (χ2n) is 6.34. The van der Waals surface area contributed by atoms with E-state index < -0.39 is 0 Å². The van der Waals surface area contributed by atoms with Crippen LogP contribution in [-0.2, 0) is 35.6 Å². The standard InChI is InChI=1S/C22H33N3O2S/c1-4-20-10-11-21(28-20)16-25-22(23-5-2)24-15-18-8-7-9-19(14-18)17-27-13-12-26-6-3/h7-11,14H,4-6,12-13,15-17H2,1-3H3,(H2,23,24,25). The Labute approximate surface area is 173 Å². The predicted octanol–water partition coefficient (Wildman–Crippen LogP) is 4.12. The third kappa shape index (κ3) is 8.42. The summed E-state index contributed by atoms with van der Waals surface area (Å²) in [4.78, 5) is 7.47. The van der Waals surface area contributed by atoms with E-state index in [-0.39, 0.29) is 0 Å². The van der Waals surface area contributed by atoms with Gasteiger partial charge in [-0.2, -0.15) is 0 Å². The SMILES string of the molecule is CCNC(=NCc1cccc(COCCOCC)c1)NCc1ccc(CC)s1. The number of guanidine groups is 1. The molecule has 2 rings (SSSR count). The third-order valence-electron chi connectivity index (χ3n) is 4.10. The monoisotopic (exact) mass is 403 g/mol. The molecular weight excluding hydrogens is 370 g/mol. The smallest absolute Gasteiger partial charge is 0.191 e. The van der Waals surface area contributed by atoms with Gasteiger partial charge >= 0.3 is 0 Å². The molecule has 0 atom stereocenters. The van der Waals surface area contributed by atoms with Gasteiger partial charge in [-0.05, 0) is 43.5 Å². The van der Waals surface area contributed by atoms with Crippen molar-refractivity contribution in [3.05, 3.63) is 57.3 Å².